The van der Waals surface area contributed by atoms with E-state index < -0.39 is 0 Å². The van der Waals surface area contributed by atoms with Gasteiger partial charge in [0.15, 0.2) is 0 Å². The third-order valence-corrected chi connectivity index (χ3v) is 4.43. The number of rotatable bonds is 5. The number of benzene rings is 1. The highest BCUT2D eigenvalue weighted by atomic mass is 16.3. The molecular weight excluding hydrogens is 264 g/mol. The molecule has 1 aliphatic heterocycles. The molecule has 0 radical (unpaired) electrons. The van der Waals surface area contributed by atoms with Crippen molar-refractivity contribution < 1.29 is 9.90 Å². The molecule has 1 fully saturated rings. The molecule has 21 heavy (non-hydrogen) atoms. The molecule has 0 aliphatic carbocycles. The Morgan fingerprint density at radius 2 is 1.86 bits per heavy atom. The Labute approximate surface area is 127 Å². The zero-order valence-electron chi connectivity index (χ0n) is 13.1. The number of nitrogens with zero attached hydrogens (tertiary/aromatic N) is 2. The van der Waals surface area contributed by atoms with Crippen LogP contribution in [-0.2, 0) is 6.42 Å². The first-order valence-corrected chi connectivity index (χ1v) is 7.93. The highest BCUT2D eigenvalue weighted by Gasteiger charge is 2.26. The molecule has 2 rings (SSSR count). The van der Waals surface area contributed by atoms with Crippen LogP contribution < -0.4 is 0 Å². The largest absolute Gasteiger partial charge is 0.395 e. The van der Waals surface area contributed by atoms with E-state index in [0.29, 0.717) is 0 Å². The van der Waals surface area contributed by atoms with Crippen molar-refractivity contribution in [1.82, 2.24) is 9.80 Å². The first kappa shape index (κ1) is 16.0. The van der Waals surface area contributed by atoms with Gasteiger partial charge in [-0.25, -0.2) is 0 Å². The summed E-state index contributed by atoms with van der Waals surface area (Å²) in [6.45, 7) is 7.55. The summed E-state index contributed by atoms with van der Waals surface area (Å²) in [5, 5.41) is 9.38. The van der Waals surface area contributed by atoms with Crippen LogP contribution in [0.25, 0.3) is 0 Å². The van der Waals surface area contributed by atoms with Gasteiger partial charge in [0.1, 0.15) is 0 Å². The Bertz CT molecular complexity index is 464. The van der Waals surface area contributed by atoms with Crippen molar-refractivity contribution in [3.8, 4) is 0 Å². The molecule has 1 amide bonds. The van der Waals surface area contributed by atoms with Gasteiger partial charge in [0, 0.05) is 37.8 Å². The van der Waals surface area contributed by atoms with Crippen molar-refractivity contribution in [3.63, 3.8) is 0 Å². The van der Waals surface area contributed by atoms with Gasteiger partial charge in [-0.3, -0.25) is 9.69 Å². The van der Waals surface area contributed by atoms with Crippen LogP contribution in [-0.4, -0.2) is 59.6 Å². The first-order chi connectivity index (χ1) is 10.2. The van der Waals surface area contributed by atoms with Crippen LogP contribution >= 0.6 is 0 Å². The third kappa shape index (κ3) is 3.63. The summed E-state index contributed by atoms with van der Waals surface area (Å²) in [5.41, 5.74) is 1.95. The second-order valence-electron chi connectivity index (χ2n) is 5.58. The average molecular weight is 290 g/mol. The normalized spacial score (nSPS) is 17.8. The van der Waals surface area contributed by atoms with Gasteiger partial charge >= 0.3 is 0 Å². The molecule has 1 atom stereocenters. The van der Waals surface area contributed by atoms with E-state index in [4.69, 9.17) is 0 Å². The molecule has 1 unspecified atom stereocenters. The molecule has 1 saturated heterocycles. The fraction of sp³-hybridized carbons (Fsp3) is 0.588. The number of piperazine rings is 1. The summed E-state index contributed by atoms with van der Waals surface area (Å²) >= 11 is 0. The number of carbonyl (C=O) groups excluding carboxylic acids is 1. The number of aliphatic hydroxyl groups is 1. The molecule has 1 N–H and O–H groups in total. The molecule has 1 heterocycles. The highest BCUT2D eigenvalue weighted by molar-refractivity contribution is 5.95. The molecular formula is C17H26N2O2. The quantitative estimate of drug-likeness (QED) is 0.899. The molecule has 4 nitrogen and oxygen atoms in total. The van der Waals surface area contributed by atoms with Crippen LogP contribution in [0.4, 0.5) is 0 Å². The SMILES string of the molecule is CCc1ccccc1C(=O)N1CCN(C(CC)CO)CC1. The Morgan fingerprint density at radius 1 is 1.19 bits per heavy atom. The van der Waals surface area contributed by atoms with Gasteiger partial charge in [0.2, 0.25) is 0 Å². The summed E-state index contributed by atoms with van der Waals surface area (Å²) in [6, 6.07) is 8.10. The number of hydrogen-bond acceptors (Lipinski definition) is 3. The zero-order chi connectivity index (χ0) is 15.2. The summed E-state index contributed by atoms with van der Waals surface area (Å²) in [4.78, 5) is 16.9. The minimum absolute atomic E-state index is 0.143. The Morgan fingerprint density at radius 3 is 2.43 bits per heavy atom. The van der Waals surface area contributed by atoms with Crippen molar-refractivity contribution in [1.29, 1.82) is 0 Å². The molecule has 1 aromatic carbocycles. The van der Waals surface area contributed by atoms with Gasteiger partial charge in [-0.1, -0.05) is 32.0 Å². The maximum atomic E-state index is 12.7. The fourth-order valence-electron chi connectivity index (χ4n) is 3.00. The fourth-order valence-corrected chi connectivity index (χ4v) is 3.00. The van der Waals surface area contributed by atoms with E-state index in [2.05, 4.69) is 18.7 Å². The number of amides is 1. The summed E-state index contributed by atoms with van der Waals surface area (Å²) in [6.07, 6.45) is 1.83. The van der Waals surface area contributed by atoms with E-state index >= 15 is 0 Å². The average Bonchev–Trinajstić information content (AvgIpc) is 2.56. The molecule has 0 saturated carbocycles. The Hall–Kier alpha value is -1.39. The van der Waals surface area contributed by atoms with E-state index in [1.54, 1.807) is 0 Å². The molecule has 0 aromatic heterocycles. The van der Waals surface area contributed by atoms with Crippen molar-refractivity contribution in [2.45, 2.75) is 32.7 Å². The molecule has 4 heteroatoms. The number of hydrogen-bond donors (Lipinski definition) is 1. The van der Waals surface area contributed by atoms with Crippen LogP contribution in [0.3, 0.4) is 0 Å². The molecule has 0 bridgehead atoms. The maximum absolute atomic E-state index is 12.7. The van der Waals surface area contributed by atoms with E-state index in [1.807, 2.05) is 29.2 Å². The lowest BCUT2D eigenvalue weighted by Crippen LogP contribution is -2.52. The third-order valence-electron chi connectivity index (χ3n) is 4.43. The summed E-state index contributed by atoms with van der Waals surface area (Å²) in [5.74, 6) is 0.143. The topological polar surface area (TPSA) is 43.8 Å². The monoisotopic (exact) mass is 290 g/mol. The molecule has 1 aliphatic rings. The standard InChI is InChI=1S/C17H26N2O2/c1-3-14-7-5-6-8-16(14)17(21)19-11-9-18(10-12-19)15(4-2)13-20/h5-8,15,20H,3-4,9-13H2,1-2H3. The van der Waals surface area contributed by atoms with E-state index in [-0.39, 0.29) is 18.6 Å². The Kier molecular flexibility index (Phi) is 5.76. The van der Waals surface area contributed by atoms with Crippen molar-refractivity contribution in [2.24, 2.45) is 0 Å². The van der Waals surface area contributed by atoms with E-state index in [0.717, 1.165) is 50.1 Å². The van der Waals surface area contributed by atoms with Gasteiger partial charge in [0.25, 0.3) is 5.91 Å². The van der Waals surface area contributed by atoms with Crippen LogP contribution in [0.2, 0.25) is 0 Å². The van der Waals surface area contributed by atoms with Gasteiger partial charge in [0.05, 0.1) is 6.61 Å². The Balaban J connectivity index is 2.00. The van der Waals surface area contributed by atoms with Crippen molar-refractivity contribution in [2.75, 3.05) is 32.8 Å². The lowest BCUT2D eigenvalue weighted by Gasteiger charge is -2.38. The zero-order valence-corrected chi connectivity index (χ0v) is 13.1. The van der Waals surface area contributed by atoms with Crippen LogP contribution in [0.5, 0.6) is 0 Å². The first-order valence-electron chi connectivity index (χ1n) is 7.93. The van der Waals surface area contributed by atoms with Gasteiger partial charge in [-0.2, -0.15) is 0 Å². The smallest absolute Gasteiger partial charge is 0.254 e. The van der Waals surface area contributed by atoms with Crippen LogP contribution in [0.1, 0.15) is 36.2 Å². The van der Waals surface area contributed by atoms with Gasteiger partial charge < -0.3 is 10.0 Å². The number of aliphatic hydroxyl groups excluding tert-OH is 1. The predicted octanol–water partition coefficient (Wildman–Crippen LogP) is 1.78. The van der Waals surface area contributed by atoms with Gasteiger partial charge in [-0.05, 0) is 24.5 Å². The van der Waals surface area contributed by atoms with Crippen LogP contribution in [0, 0.1) is 0 Å². The lowest BCUT2D eigenvalue weighted by molar-refractivity contribution is 0.0471. The second-order valence-corrected chi connectivity index (χ2v) is 5.58. The lowest BCUT2D eigenvalue weighted by atomic mass is 10.0. The van der Waals surface area contributed by atoms with E-state index in [1.165, 1.54) is 0 Å². The number of aryl methyl sites for hydroxylation is 1. The van der Waals surface area contributed by atoms with E-state index in [9.17, 15) is 9.90 Å². The molecule has 1 aromatic rings. The predicted molar refractivity (Wildman–Crippen MR) is 84.5 cm³/mol. The minimum Gasteiger partial charge on any atom is -0.395 e. The van der Waals surface area contributed by atoms with Gasteiger partial charge in [-0.15, -0.1) is 0 Å². The molecule has 0 spiro atoms. The molecule has 116 valence electrons. The minimum atomic E-state index is 0.143. The maximum Gasteiger partial charge on any atom is 0.254 e. The van der Waals surface area contributed by atoms with Crippen molar-refractivity contribution in [3.05, 3.63) is 35.4 Å². The highest BCUT2D eigenvalue weighted by Crippen LogP contribution is 2.15. The second kappa shape index (κ2) is 7.57. The summed E-state index contributed by atoms with van der Waals surface area (Å²) in [7, 11) is 0. The van der Waals surface area contributed by atoms with Crippen molar-refractivity contribution >= 4 is 5.91 Å². The number of carbonyl (C=O) groups is 1. The summed E-state index contributed by atoms with van der Waals surface area (Å²) < 4.78 is 0. The van der Waals surface area contributed by atoms with Crippen LogP contribution in [0.15, 0.2) is 24.3 Å².